The van der Waals surface area contributed by atoms with E-state index in [2.05, 4.69) is 23.9 Å². The van der Waals surface area contributed by atoms with E-state index in [1.165, 1.54) is 35.1 Å². The highest BCUT2D eigenvalue weighted by atomic mass is 32.1. The number of rotatable bonds is 11. The van der Waals surface area contributed by atoms with Crippen molar-refractivity contribution < 1.29 is 9.53 Å². The summed E-state index contributed by atoms with van der Waals surface area (Å²) in [7, 11) is 0. The molecular weight excluding hydrogens is 484 g/mol. The van der Waals surface area contributed by atoms with Crippen LogP contribution in [0.5, 0.6) is 5.75 Å². The summed E-state index contributed by atoms with van der Waals surface area (Å²) in [5, 5.41) is 4.48. The van der Waals surface area contributed by atoms with Crippen LogP contribution in [0.3, 0.4) is 0 Å². The number of anilines is 1. The first kappa shape index (κ1) is 25.1. The van der Waals surface area contributed by atoms with Crippen molar-refractivity contribution in [2.45, 2.75) is 58.8 Å². The van der Waals surface area contributed by atoms with Crippen molar-refractivity contribution >= 4 is 33.5 Å². The van der Waals surface area contributed by atoms with Crippen LogP contribution in [0.25, 0.3) is 21.9 Å². The number of carbonyl (C=O) groups excluding carboxylic acids is 1. The maximum atomic E-state index is 13.5. The first-order valence-corrected chi connectivity index (χ1v) is 14.0. The molecule has 0 bridgehead atoms. The maximum Gasteiger partial charge on any atom is 0.291 e. The van der Waals surface area contributed by atoms with Gasteiger partial charge in [-0.25, -0.2) is 0 Å². The summed E-state index contributed by atoms with van der Waals surface area (Å²) in [6, 6.07) is 15.3. The summed E-state index contributed by atoms with van der Waals surface area (Å²) < 4.78 is 7.44. The molecule has 4 aromatic rings. The number of aromatic nitrogens is 3. The van der Waals surface area contributed by atoms with Gasteiger partial charge in [-0.3, -0.25) is 9.59 Å². The zero-order valence-corrected chi connectivity index (χ0v) is 22.2. The molecule has 0 saturated heterocycles. The number of para-hydroxylation sites is 1. The molecule has 0 fully saturated rings. The van der Waals surface area contributed by atoms with E-state index in [9.17, 15) is 9.59 Å². The zero-order chi connectivity index (χ0) is 25.8. The third-order valence-corrected chi connectivity index (χ3v) is 7.70. The van der Waals surface area contributed by atoms with Gasteiger partial charge in [0.1, 0.15) is 10.3 Å². The fourth-order valence-electron chi connectivity index (χ4n) is 4.64. The highest BCUT2D eigenvalue weighted by Gasteiger charge is 2.33. The lowest BCUT2D eigenvalue weighted by Gasteiger charge is -2.16. The lowest BCUT2D eigenvalue weighted by Crippen LogP contribution is -2.33. The molecule has 8 heteroatoms. The Balaban J connectivity index is 1.44. The molecule has 0 unspecified atom stereocenters. The fourth-order valence-corrected chi connectivity index (χ4v) is 5.63. The molecule has 0 aliphatic carbocycles. The molecule has 1 aliphatic rings. The average Bonchev–Trinajstić information content (AvgIpc) is 3.55. The highest BCUT2D eigenvalue weighted by molar-refractivity contribution is 7.15. The van der Waals surface area contributed by atoms with Crippen LogP contribution in [0.15, 0.2) is 53.3 Å². The molecule has 3 heterocycles. The predicted octanol–water partition coefficient (Wildman–Crippen LogP) is 5.23. The van der Waals surface area contributed by atoms with E-state index >= 15 is 0 Å². The summed E-state index contributed by atoms with van der Waals surface area (Å²) in [6.45, 7) is 5.66. The Morgan fingerprint density at radius 2 is 1.65 bits per heavy atom. The Morgan fingerprint density at radius 1 is 0.892 bits per heavy atom. The summed E-state index contributed by atoms with van der Waals surface area (Å²) in [6.07, 6.45) is 7.70. The average molecular weight is 517 g/mol. The Labute approximate surface area is 220 Å². The molecule has 5 rings (SSSR count). The molecule has 7 nitrogen and oxygen atoms in total. The molecule has 2 aromatic carbocycles. The quantitative estimate of drug-likeness (QED) is 0.255. The smallest absolute Gasteiger partial charge is 0.291 e. The minimum absolute atomic E-state index is 0.114. The van der Waals surface area contributed by atoms with E-state index in [0.717, 1.165) is 48.2 Å². The SMILES string of the molecule is CCCCCCCN1C(=O)C(=c2sc3nc(-c4ccc(OCCCC)cc4)nn3c2=O)c2ccccc21. The van der Waals surface area contributed by atoms with Gasteiger partial charge < -0.3 is 9.64 Å². The summed E-state index contributed by atoms with van der Waals surface area (Å²) in [4.78, 5) is 33.9. The number of fused-ring (bicyclic) bond motifs is 2. The number of hydrogen-bond donors (Lipinski definition) is 0. The third kappa shape index (κ3) is 5.03. The Hall–Kier alpha value is -3.52. The molecule has 0 radical (unpaired) electrons. The molecule has 0 spiro atoms. The van der Waals surface area contributed by atoms with Gasteiger partial charge in [-0.15, -0.1) is 5.10 Å². The van der Waals surface area contributed by atoms with E-state index in [1.807, 2.05) is 53.4 Å². The maximum absolute atomic E-state index is 13.5. The normalized spacial score (nSPS) is 14.5. The standard InChI is InChI=1S/C29H32N4O3S/c1-3-5-7-8-11-18-32-23-13-10-9-12-22(23)24(27(32)34)25-28(35)33-29(37-25)30-26(31-33)20-14-16-21(17-15-20)36-19-6-4-2/h9-10,12-17H,3-8,11,18-19H2,1-2H3. The molecule has 37 heavy (non-hydrogen) atoms. The fraction of sp³-hybridized carbons (Fsp3) is 0.379. The number of nitrogens with zero attached hydrogens (tertiary/aromatic N) is 4. The number of thiazole rings is 1. The van der Waals surface area contributed by atoms with Crippen LogP contribution >= 0.6 is 11.3 Å². The predicted molar refractivity (Wildman–Crippen MR) is 148 cm³/mol. The number of hydrogen-bond acceptors (Lipinski definition) is 6. The van der Waals surface area contributed by atoms with Crippen LogP contribution in [-0.2, 0) is 4.79 Å². The number of amides is 1. The largest absolute Gasteiger partial charge is 0.494 e. The van der Waals surface area contributed by atoms with Crippen LogP contribution in [-0.4, -0.2) is 33.7 Å². The van der Waals surface area contributed by atoms with Gasteiger partial charge in [0.2, 0.25) is 4.96 Å². The van der Waals surface area contributed by atoms with Gasteiger partial charge in [-0.05, 0) is 43.2 Å². The Bertz CT molecular complexity index is 1510. The van der Waals surface area contributed by atoms with E-state index in [0.29, 0.717) is 34.0 Å². The minimum atomic E-state index is -0.304. The summed E-state index contributed by atoms with van der Waals surface area (Å²) >= 11 is 1.23. The molecular formula is C29H32N4O3S. The van der Waals surface area contributed by atoms with Crippen molar-refractivity contribution in [1.29, 1.82) is 0 Å². The van der Waals surface area contributed by atoms with Crippen LogP contribution in [0, 0.1) is 0 Å². The van der Waals surface area contributed by atoms with Crippen molar-refractivity contribution in [3.8, 4) is 17.1 Å². The molecule has 0 atom stereocenters. The third-order valence-electron chi connectivity index (χ3n) is 6.67. The van der Waals surface area contributed by atoms with Gasteiger partial charge in [0.15, 0.2) is 5.82 Å². The van der Waals surface area contributed by atoms with Crippen LogP contribution in [0.1, 0.15) is 64.4 Å². The van der Waals surface area contributed by atoms with Gasteiger partial charge in [-0.1, -0.05) is 75.5 Å². The van der Waals surface area contributed by atoms with E-state index in [1.54, 1.807) is 0 Å². The Morgan fingerprint density at radius 3 is 2.41 bits per heavy atom. The number of unbranched alkanes of at least 4 members (excludes halogenated alkanes) is 5. The van der Waals surface area contributed by atoms with Crippen LogP contribution in [0.4, 0.5) is 5.69 Å². The van der Waals surface area contributed by atoms with Crippen molar-refractivity contribution in [2.24, 2.45) is 0 Å². The number of benzene rings is 2. The summed E-state index contributed by atoms with van der Waals surface area (Å²) in [5.41, 5.74) is 2.64. The van der Waals surface area contributed by atoms with Crippen molar-refractivity contribution in [3.63, 3.8) is 0 Å². The first-order chi connectivity index (χ1) is 18.1. The van der Waals surface area contributed by atoms with Crippen molar-refractivity contribution in [3.05, 3.63) is 69.0 Å². The van der Waals surface area contributed by atoms with Gasteiger partial charge in [-0.2, -0.15) is 9.50 Å². The van der Waals surface area contributed by atoms with Gasteiger partial charge >= 0.3 is 0 Å². The molecule has 1 amide bonds. The molecule has 192 valence electrons. The topological polar surface area (TPSA) is 76.8 Å². The van der Waals surface area contributed by atoms with Crippen molar-refractivity contribution in [1.82, 2.24) is 14.6 Å². The second kappa shape index (κ2) is 11.3. The number of carbonyl (C=O) groups is 1. The molecule has 1 aliphatic heterocycles. The van der Waals surface area contributed by atoms with Gasteiger partial charge in [0.25, 0.3) is 11.5 Å². The first-order valence-electron chi connectivity index (χ1n) is 13.2. The Kier molecular flexibility index (Phi) is 7.65. The second-order valence-corrected chi connectivity index (χ2v) is 10.3. The van der Waals surface area contributed by atoms with Crippen LogP contribution in [0.2, 0.25) is 0 Å². The van der Waals surface area contributed by atoms with E-state index in [4.69, 9.17) is 4.74 Å². The monoisotopic (exact) mass is 516 g/mol. The lowest BCUT2D eigenvalue weighted by atomic mass is 10.1. The highest BCUT2D eigenvalue weighted by Crippen LogP contribution is 2.35. The second-order valence-electron chi connectivity index (χ2n) is 9.36. The molecule has 0 saturated carbocycles. The van der Waals surface area contributed by atoms with Crippen molar-refractivity contribution in [2.75, 3.05) is 18.1 Å². The lowest BCUT2D eigenvalue weighted by molar-refractivity contribution is -0.113. The molecule has 0 N–H and O–H groups in total. The number of ether oxygens (including phenoxy) is 1. The zero-order valence-electron chi connectivity index (χ0n) is 21.4. The van der Waals surface area contributed by atoms with Gasteiger partial charge in [0.05, 0.1) is 17.9 Å². The minimum Gasteiger partial charge on any atom is -0.494 e. The van der Waals surface area contributed by atoms with Gasteiger partial charge in [0, 0.05) is 17.7 Å². The van der Waals surface area contributed by atoms with E-state index < -0.39 is 0 Å². The van der Waals surface area contributed by atoms with E-state index in [-0.39, 0.29) is 11.5 Å². The van der Waals surface area contributed by atoms with Crippen LogP contribution < -0.4 is 19.7 Å². The molecule has 2 aromatic heterocycles. The summed E-state index contributed by atoms with van der Waals surface area (Å²) in [5.74, 6) is 1.17.